The van der Waals surface area contributed by atoms with Gasteiger partial charge < -0.3 is 14.2 Å². The highest BCUT2D eigenvalue weighted by atomic mass is 16.7. The average Bonchev–Trinajstić information content (AvgIpc) is 2.74. The number of fused-ring (bicyclic) bond motifs is 1. The lowest BCUT2D eigenvalue weighted by atomic mass is 9.55. The van der Waals surface area contributed by atoms with E-state index in [1.165, 1.54) is 13.8 Å². The third-order valence-corrected chi connectivity index (χ3v) is 7.46. The highest BCUT2D eigenvalue weighted by molar-refractivity contribution is 5.91. The third kappa shape index (κ3) is 4.74. The van der Waals surface area contributed by atoms with Crippen molar-refractivity contribution in [2.45, 2.75) is 65.1 Å². The highest BCUT2D eigenvalue weighted by Crippen LogP contribution is 2.55. The van der Waals surface area contributed by atoms with Crippen molar-refractivity contribution in [1.82, 2.24) is 4.90 Å². The van der Waals surface area contributed by atoms with Gasteiger partial charge in [-0.1, -0.05) is 37.1 Å². The summed E-state index contributed by atoms with van der Waals surface area (Å²) in [5, 5.41) is 2.05. The van der Waals surface area contributed by atoms with Crippen LogP contribution in [0.15, 0.2) is 36.4 Å². The number of amides is 2. The van der Waals surface area contributed by atoms with E-state index < -0.39 is 23.7 Å². The Hall–Kier alpha value is -3.09. The molecule has 2 aliphatic carbocycles. The lowest BCUT2D eigenvalue weighted by molar-refractivity contribution is -0.191. The number of nitrogens with zero attached hydrogens (tertiary/aromatic N) is 1. The summed E-state index contributed by atoms with van der Waals surface area (Å²) < 4.78 is 16.2. The first kappa shape index (κ1) is 24.0. The fourth-order valence-corrected chi connectivity index (χ4v) is 5.07. The standard InChI is InChI=1S/C27H33NO6/c1-18(29)28(16-13-21-8-4-7-20-11-12-23(32-3)17-24(20)21)26(31)34-19(2)33-25(30)27(14-6-15-27)22-9-5-10-22/h4,7-8,11-12,17,19,22H,5-6,9-10,13-16H2,1-3H3. The monoisotopic (exact) mass is 467 g/mol. The van der Waals surface area contributed by atoms with E-state index in [1.807, 2.05) is 36.4 Å². The van der Waals surface area contributed by atoms with Crippen LogP contribution in [-0.4, -0.2) is 42.8 Å². The number of imide groups is 1. The van der Waals surface area contributed by atoms with Gasteiger partial charge >= 0.3 is 12.1 Å². The first-order chi connectivity index (χ1) is 16.3. The van der Waals surface area contributed by atoms with Crippen molar-refractivity contribution < 1.29 is 28.6 Å². The van der Waals surface area contributed by atoms with Gasteiger partial charge in [0.05, 0.1) is 12.5 Å². The molecular formula is C27H33NO6. The van der Waals surface area contributed by atoms with Crippen LogP contribution in [0.1, 0.15) is 57.9 Å². The lowest BCUT2D eigenvalue weighted by Gasteiger charge is -2.49. The summed E-state index contributed by atoms with van der Waals surface area (Å²) in [6.45, 7) is 3.00. The number of benzene rings is 2. The largest absolute Gasteiger partial charge is 0.497 e. The lowest BCUT2D eigenvalue weighted by Crippen LogP contribution is -2.49. The topological polar surface area (TPSA) is 82.1 Å². The Bertz CT molecular complexity index is 1070. The predicted molar refractivity (Wildman–Crippen MR) is 127 cm³/mol. The minimum absolute atomic E-state index is 0.150. The molecule has 2 aromatic carbocycles. The molecule has 4 rings (SSSR count). The SMILES string of the molecule is COc1ccc2cccc(CCN(C(C)=O)C(=O)OC(C)OC(=O)C3(C4CCC4)CCC3)c2c1. The van der Waals surface area contributed by atoms with Crippen molar-refractivity contribution >= 4 is 28.7 Å². The predicted octanol–water partition coefficient (Wildman–Crippen LogP) is 5.24. The van der Waals surface area contributed by atoms with E-state index in [9.17, 15) is 14.4 Å². The second kappa shape index (κ2) is 10.0. The molecule has 182 valence electrons. The maximum Gasteiger partial charge on any atom is 0.419 e. The molecule has 0 heterocycles. The van der Waals surface area contributed by atoms with Crippen molar-refractivity contribution in [3.8, 4) is 5.75 Å². The van der Waals surface area contributed by atoms with E-state index in [1.54, 1.807) is 7.11 Å². The second-order valence-electron chi connectivity index (χ2n) is 9.42. The minimum atomic E-state index is -1.05. The summed E-state index contributed by atoms with van der Waals surface area (Å²) in [6, 6.07) is 11.7. The second-order valence-corrected chi connectivity index (χ2v) is 9.42. The number of hydrogen-bond acceptors (Lipinski definition) is 6. The molecule has 0 spiro atoms. The molecule has 0 bridgehead atoms. The first-order valence-corrected chi connectivity index (χ1v) is 12.1. The Balaban J connectivity index is 1.38. The van der Waals surface area contributed by atoms with Crippen LogP contribution >= 0.6 is 0 Å². The summed E-state index contributed by atoms with van der Waals surface area (Å²) in [7, 11) is 1.62. The Kier molecular flexibility index (Phi) is 7.10. The Morgan fingerprint density at radius 2 is 1.85 bits per heavy atom. The van der Waals surface area contributed by atoms with E-state index >= 15 is 0 Å². The van der Waals surface area contributed by atoms with Gasteiger partial charge in [0, 0.05) is 20.4 Å². The number of rotatable bonds is 8. The smallest absolute Gasteiger partial charge is 0.419 e. The number of methoxy groups -OCH3 is 1. The fourth-order valence-electron chi connectivity index (χ4n) is 5.07. The van der Waals surface area contributed by atoms with Gasteiger partial charge in [-0.3, -0.25) is 9.59 Å². The zero-order chi connectivity index (χ0) is 24.3. The van der Waals surface area contributed by atoms with Crippen LogP contribution in [0.5, 0.6) is 5.75 Å². The van der Waals surface area contributed by atoms with E-state index in [2.05, 4.69) is 0 Å². The van der Waals surface area contributed by atoms with Crippen LogP contribution in [0.3, 0.4) is 0 Å². The molecule has 1 atom stereocenters. The van der Waals surface area contributed by atoms with E-state index in [0.29, 0.717) is 12.3 Å². The quantitative estimate of drug-likeness (QED) is 0.390. The van der Waals surface area contributed by atoms with Crippen molar-refractivity contribution in [3.05, 3.63) is 42.0 Å². The molecule has 2 aromatic rings. The molecular weight excluding hydrogens is 434 g/mol. The van der Waals surface area contributed by atoms with Crippen LogP contribution in [0.4, 0.5) is 4.79 Å². The molecule has 2 fully saturated rings. The molecule has 7 nitrogen and oxygen atoms in total. The van der Waals surface area contributed by atoms with Gasteiger partial charge in [0.25, 0.3) is 0 Å². The van der Waals surface area contributed by atoms with Gasteiger partial charge in [0.1, 0.15) is 5.75 Å². The fraction of sp³-hybridized carbons (Fsp3) is 0.519. The summed E-state index contributed by atoms with van der Waals surface area (Å²) in [4.78, 5) is 38.9. The van der Waals surface area contributed by atoms with Crippen LogP contribution in [0.2, 0.25) is 0 Å². The van der Waals surface area contributed by atoms with Crippen molar-refractivity contribution in [2.24, 2.45) is 11.3 Å². The van der Waals surface area contributed by atoms with Gasteiger partial charge in [-0.05, 0) is 66.5 Å². The molecule has 7 heteroatoms. The maximum absolute atomic E-state index is 12.9. The molecule has 0 radical (unpaired) electrons. The molecule has 0 saturated heterocycles. The third-order valence-electron chi connectivity index (χ3n) is 7.46. The number of hydrogen-bond donors (Lipinski definition) is 0. The normalized spacial score (nSPS) is 17.7. The number of carbonyl (C=O) groups excluding carboxylic acids is 3. The molecule has 0 aromatic heterocycles. The maximum atomic E-state index is 12.9. The van der Waals surface area contributed by atoms with Crippen LogP contribution in [0, 0.1) is 11.3 Å². The van der Waals surface area contributed by atoms with E-state index in [4.69, 9.17) is 14.2 Å². The van der Waals surface area contributed by atoms with E-state index in [-0.39, 0.29) is 12.5 Å². The van der Waals surface area contributed by atoms with Gasteiger partial charge in [-0.25, -0.2) is 9.69 Å². The number of ether oxygens (including phenoxy) is 3. The van der Waals surface area contributed by atoms with Gasteiger partial charge in [-0.2, -0.15) is 0 Å². The molecule has 0 aliphatic heterocycles. The zero-order valence-corrected chi connectivity index (χ0v) is 20.2. The summed E-state index contributed by atoms with van der Waals surface area (Å²) in [5.41, 5.74) is 0.580. The molecule has 2 aliphatic rings. The number of carbonyl (C=O) groups is 3. The van der Waals surface area contributed by atoms with Gasteiger partial charge in [0.15, 0.2) is 0 Å². The van der Waals surface area contributed by atoms with Crippen molar-refractivity contribution in [1.29, 1.82) is 0 Å². The van der Waals surface area contributed by atoms with Crippen molar-refractivity contribution in [3.63, 3.8) is 0 Å². The molecule has 2 saturated carbocycles. The van der Waals surface area contributed by atoms with Gasteiger partial charge in [0.2, 0.25) is 12.2 Å². The Labute approximate surface area is 200 Å². The van der Waals surface area contributed by atoms with E-state index in [0.717, 1.165) is 65.5 Å². The van der Waals surface area contributed by atoms with Gasteiger partial charge in [-0.15, -0.1) is 0 Å². The van der Waals surface area contributed by atoms with Crippen LogP contribution < -0.4 is 4.74 Å². The zero-order valence-electron chi connectivity index (χ0n) is 20.2. The summed E-state index contributed by atoms with van der Waals surface area (Å²) in [6.07, 6.45) is 4.57. The minimum Gasteiger partial charge on any atom is -0.497 e. The van der Waals surface area contributed by atoms with Crippen LogP contribution in [0.25, 0.3) is 10.8 Å². The molecule has 0 N–H and O–H groups in total. The summed E-state index contributed by atoms with van der Waals surface area (Å²) >= 11 is 0. The average molecular weight is 468 g/mol. The Morgan fingerprint density at radius 3 is 2.44 bits per heavy atom. The highest BCUT2D eigenvalue weighted by Gasteiger charge is 2.53. The van der Waals surface area contributed by atoms with Crippen LogP contribution in [-0.2, 0) is 25.5 Å². The Morgan fingerprint density at radius 1 is 1.09 bits per heavy atom. The number of esters is 1. The molecule has 2 amide bonds. The first-order valence-electron chi connectivity index (χ1n) is 12.1. The summed E-state index contributed by atoms with van der Waals surface area (Å²) in [5.74, 6) is 0.420. The molecule has 1 unspecified atom stereocenters. The molecule has 34 heavy (non-hydrogen) atoms. The van der Waals surface area contributed by atoms with Crippen molar-refractivity contribution in [2.75, 3.05) is 13.7 Å².